The Kier molecular flexibility index (Phi) is 4.23. The van der Waals surface area contributed by atoms with Crippen LogP contribution in [0.15, 0.2) is 58.1 Å². The lowest BCUT2D eigenvalue weighted by Gasteiger charge is -2.17. The fourth-order valence-electron chi connectivity index (χ4n) is 3.28. The number of nitrogens with zero attached hydrogens (tertiary/aromatic N) is 1. The van der Waals surface area contributed by atoms with Crippen molar-refractivity contribution < 1.29 is 19.4 Å². The molecular formula is C20H16N2O6. The quantitative estimate of drug-likeness (QED) is 0.669. The van der Waals surface area contributed by atoms with E-state index in [1.807, 2.05) is 0 Å². The summed E-state index contributed by atoms with van der Waals surface area (Å²) in [5, 5.41) is 10.9. The number of nitrogens with one attached hydrogen (secondary N) is 1. The minimum Gasteiger partial charge on any atom is -0.494 e. The minimum atomic E-state index is -1.13. The predicted molar refractivity (Wildman–Crippen MR) is 99.2 cm³/mol. The largest absolute Gasteiger partial charge is 0.494 e. The van der Waals surface area contributed by atoms with Crippen molar-refractivity contribution in [3.05, 3.63) is 86.1 Å². The van der Waals surface area contributed by atoms with E-state index in [4.69, 9.17) is 9.47 Å². The van der Waals surface area contributed by atoms with Gasteiger partial charge in [0.1, 0.15) is 11.3 Å². The number of aromatic amines is 1. The molecule has 3 aromatic rings. The van der Waals surface area contributed by atoms with Gasteiger partial charge in [0, 0.05) is 5.56 Å². The topological polar surface area (TPSA) is 111 Å². The molecule has 2 N–H and O–H groups in total. The number of hydrogen-bond donors (Lipinski definition) is 2. The molecule has 1 aliphatic heterocycles. The Morgan fingerprint density at radius 3 is 2.61 bits per heavy atom. The second-order valence-electron chi connectivity index (χ2n) is 6.11. The Balaban J connectivity index is 1.96. The van der Waals surface area contributed by atoms with Crippen LogP contribution in [0.3, 0.4) is 0 Å². The zero-order valence-electron chi connectivity index (χ0n) is 14.8. The van der Waals surface area contributed by atoms with Crippen molar-refractivity contribution in [2.45, 2.75) is 13.0 Å². The Morgan fingerprint density at radius 1 is 1.11 bits per heavy atom. The van der Waals surface area contributed by atoms with E-state index in [0.29, 0.717) is 23.5 Å². The number of cyclic esters (lactones) is 1. The molecule has 1 aromatic heterocycles. The number of ether oxygens (including phenoxy) is 2. The molecule has 2 aromatic carbocycles. The summed E-state index contributed by atoms with van der Waals surface area (Å²) in [6, 6.07) is 13.2. The van der Waals surface area contributed by atoms with Crippen molar-refractivity contribution in [3.63, 3.8) is 0 Å². The lowest BCUT2D eigenvalue weighted by atomic mass is 10.0. The van der Waals surface area contributed by atoms with Crippen LogP contribution in [-0.4, -0.2) is 27.2 Å². The summed E-state index contributed by atoms with van der Waals surface area (Å²) >= 11 is 0. The van der Waals surface area contributed by atoms with E-state index < -0.39 is 29.2 Å². The first-order valence-corrected chi connectivity index (χ1v) is 8.63. The third-order valence-electron chi connectivity index (χ3n) is 4.48. The molecule has 0 saturated heterocycles. The molecule has 4 rings (SSSR count). The number of esters is 1. The second kappa shape index (κ2) is 6.73. The van der Waals surface area contributed by atoms with Crippen molar-refractivity contribution in [3.8, 4) is 17.3 Å². The third-order valence-corrected chi connectivity index (χ3v) is 4.48. The first-order chi connectivity index (χ1) is 13.5. The number of para-hydroxylation sites is 2. The number of aromatic hydroxyl groups is 1. The highest BCUT2D eigenvalue weighted by Gasteiger charge is 2.36. The van der Waals surface area contributed by atoms with Gasteiger partial charge in [-0.1, -0.05) is 30.3 Å². The lowest BCUT2D eigenvalue weighted by Crippen LogP contribution is -2.33. The number of aromatic nitrogens is 2. The van der Waals surface area contributed by atoms with Crippen LogP contribution in [0.2, 0.25) is 0 Å². The maximum atomic E-state index is 12.5. The van der Waals surface area contributed by atoms with Gasteiger partial charge in [-0.25, -0.2) is 14.2 Å². The Labute approximate surface area is 158 Å². The molecule has 8 nitrogen and oxygen atoms in total. The zero-order chi connectivity index (χ0) is 19.8. The summed E-state index contributed by atoms with van der Waals surface area (Å²) in [7, 11) is 0. The highest BCUT2D eigenvalue weighted by molar-refractivity contribution is 5.94. The van der Waals surface area contributed by atoms with Crippen molar-refractivity contribution in [2.24, 2.45) is 0 Å². The molecule has 0 saturated carbocycles. The van der Waals surface area contributed by atoms with E-state index in [2.05, 4.69) is 4.98 Å². The highest BCUT2D eigenvalue weighted by atomic mass is 16.5. The smallest absolute Gasteiger partial charge is 0.339 e. The zero-order valence-corrected chi connectivity index (χ0v) is 14.8. The van der Waals surface area contributed by atoms with Crippen molar-refractivity contribution in [2.75, 3.05) is 6.61 Å². The summed E-state index contributed by atoms with van der Waals surface area (Å²) in [5.74, 6) is -0.869. The van der Waals surface area contributed by atoms with Crippen molar-refractivity contribution in [1.29, 1.82) is 0 Å². The average molecular weight is 380 g/mol. The molecule has 0 spiro atoms. The predicted octanol–water partition coefficient (Wildman–Crippen LogP) is 1.89. The van der Waals surface area contributed by atoms with Gasteiger partial charge in [-0.05, 0) is 25.1 Å². The Hall–Kier alpha value is -3.81. The van der Waals surface area contributed by atoms with Gasteiger partial charge in [-0.2, -0.15) is 0 Å². The van der Waals surface area contributed by atoms with E-state index in [1.54, 1.807) is 55.5 Å². The van der Waals surface area contributed by atoms with E-state index in [0.717, 1.165) is 4.57 Å². The van der Waals surface area contributed by atoms with Crippen LogP contribution < -0.4 is 16.0 Å². The molecule has 0 aliphatic carbocycles. The normalized spacial score (nSPS) is 15.2. The highest BCUT2D eigenvalue weighted by Crippen LogP contribution is 2.38. The molecular weight excluding hydrogens is 364 g/mol. The Morgan fingerprint density at radius 2 is 1.82 bits per heavy atom. The second-order valence-corrected chi connectivity index (χ2v) is 6.11. The maximum Gasteiger partial charge on any atom is 0.339 e. The summed E-state index contributed by atoms with van der Waals surface area (Å²) in [6.07, 6.45) is -1.13. The fourth-order valence-corrected chi connectivity index (χ4v) is 3.28. The van der Waals surface area contributed by atoms with Crippen LogP contribution in [0.1, 0.15) is 34.5 Å². The molecule has 1 atom stereocenters. The van der Waals surface area contributed by atoms with Gasteiger partial charge in [0.25, 0.3) is 5.56 Å². The van der Waals surface area contributed by atoms with Crippen LogP contribution >= 0.6 is 0 Å². The summed E-state index contributed by atoms with van der Waals surface area (Å²) in [4.78, 5) is 39.3. The van der Waals surface area contributed by atoms with Crippen LogP contribution in [0.25, 0.3) is 5.69 Å². The summed E-state index contributed by atoms with van der Waals surface area (Å²) in [6.45, 7) is 2.13. The molecule has 0 amide bonds. The number of H-pyrrole nitrogens is 1. The Bertz CT molecular complexity index is 1190. The summed E-state index contributed by atoms with van der Waals surface area (Å²) < 4.78 is 11.8. The number of fused-ring (bicyclic) bond motifs is 1. The molecule has 142 valence electrons. The van der Waals surface area contributed by atoms with Gasteiger partial charge >= 0.3 is 11.7 Å². The minimum absolute atomic E-state index is 0.232. The molecule has 2 heterocycles. The molecule has 28 heavy (non-hydrogen) atoms. The first-order valence-electron chi connectivity index (χ1n) is 8.63. The number of hydrogen-bond acceptors (Lipinski definition) is 6. The van der Waals surface area contributed by atoms with Crippen LogP contribution in [0, 0.1) is 0 Å². The fraction of sp³-hybridized carbons (Fsp3) is 0.150. The van der Waals surface area contributed by atoms with Gasteiger partial charge in [0.2, 0.25) is 5.88 Å². The number of carbonyl (C=O) groups is 1. The van der Waals surface area contributed by atoms with Crippen molar-refractivity contribution in [1.82, 2.24) is 9.55 Å². The molecule has 0 radical (unpaired) electrons. The van der Waals surface area contributed by atoms with Crippen LogP contribution in [0.4, 0.5) is 0 Å². The molecule has 8 heteroatoms. The van der Waals surface area contributed by atoms with Crippen LogP contribution in [-0.2, 0) is 4.74 Å². The van der Waals surface area contributed by atoms with Gasteiger partial charge < -0.3 is 14.6 Å². The lowest BCUT2D eigenvalue weighted by molar-refractivity contribution is 0.0449. The SMILES string of the molecule is CCOc1ccccc1-n1c(O)c([C@H]2OC(=O)c3ccccc32)c(=O)[nH]c1=O. The van der Waals surface area contributed by atoms with Crippen molar-refractivity contribution >= 4 is 5.97 Å². The molecule has 0 unspecified atom stereocenters. The van der Waals surface area contributed by atoms with E-state index >= 15 is 0 Å². The van der Waals surface area contributed by atoms with Gasteiger partial charge in [0.05, 0.1) is 17.9 Å². The number of rotatable bonds is 4. The monoisotopic (exact) mass is 380 g/mol. The number of carbonyl (C=O) groups excluding carboxylic acids is 1. The molecule has 1 aliphatic rings. The van der Waals surface area contributed by atoms with E-state index in [9.17, 15) is 19.5 Å². The van der Waals surface area contributed by atoms with Gasteiger partial charge in [-0.15, -0.1) is 0 Å². The average Bonchev–Trinajstić information content (AvgIpc) is 3.00. The molecule has 0 fully saturated rings. The maximum absolute atomic E-state index is 12.5. The van der Waals surface area contributed by atoms with E-state index in [1.165, 1.54) is 0 Å². The standard InChI is InChI=1S/C20H16N2O6/c1-2-27-14-10-6-5-9-13(14)22-18(24)15(17(23)21-20(22)26)16-11-7-3-4-8-12(11)19(25)28-16/h3-10,16,24H,2H2,1H3,(H,21,23,26)/t16-/m0/s1. The first kappa shape index (κ1) is 17.6. The molecule has 0 bridgehead atoms. The van der Waals surface area contributed by atoms with Gasteiger partial charge in [0.15, 0.2) is 6.10 Å². The van der Waals surface area contributed by atoms with E-state index in [-0.39, 0.29) is 11.3 Å². The third kappa shape index (κ3) is 2.66. The number of benzene rings is 2. The van der Waals surface area contributed by atoms with Gasteiger partial charge in [-0.3, -0.25) is 9.78 Å². The van der Waals surface area contributed by atoms with Crippen LogP contribution in [0.5, 0.6) is 11.6 Å². The summed E-state index contributed by atoms with van der Waals surface area (Å²) in [5.41, 5.74) is -0.903.